The topological polar surface area (TPSA) is 53.1 Å². The lowest BCUT2D eigenvalue weighted by Gasteiger charge is -2.06. The van der Waals surface area contributed by atoms with Gasteiger partial charge in [-0.1, -0.05) is 29.8 Å². The molecular formula is C17H17N3O. The number of nitrogens with zero attached hydrogens (tertiary/aromatic N) is 2. The van der Waals surface area contributed by atoms with E-state index in [1.807, 2.05) is 54.6 Å². The van der Waals surface area contributed by atoms with Crippen LogP contribution in [0.15, 0.2) is 54.6 Å². The maximum atomic E-state index is 6.10. The molecule has 0 atom stereocenters. The number of nitrogens with two attached hydrogens (primary N) is 1. The molecule has 0 fully saturated rings. The molecule has 0 aliphatic rings. The van der Waals surface area contributed by atoms with E-state index in [9.17, 15) is 0 Å². The molecule has 0 amide bonds. The normalized spacial score (nSPS) is 10.6. The number of para-hydroxylation sites is 1. The number of anilines is 1. The van der Waals surface area contributed by atoms with E-state index in [4.69, 9.17) is 10.5 Å². The highest BCUT2D eigenvalue weighted by atomic mass is 16.5. The van der Waals surface area contributed by atoms with Crippen molar-refractivity contribution in [3.8, 4) is 22.7 Å². The fourth-order valence-electron chi connectivity index (χ4n) is 2.28. The van der Waals surface area contributed by atoms with Crippen LogP contribution in [-0.2, 0) is 0 Å². The number of ether oxygens (including phenoxy) is 1. The van der Waals surface area contributed by atoms with Crippen LogP contribution in [0.2, 0.25) is 0 Å². The standard InChI is InChI=1S/C17H17N3O/c1-12-7-9-13(10-8-12)20-17(18)11-15(19-20)14-5-3-4-6-16(14)21-2/h3-11H,18H2,1-2H3. The third-order valence-corrected chi connectivity index (χ3v) is 3.40. The Labute approximate surface area is 123 Å². The SMILES string of the molecule is COc1ccccc1-c1cc(N)n(-c2ccc(C)cc2)n1. The number of aromatic nitrogens is 2. The monoisotopic (exact) mass is 279 g/mol. The molecule has 1 aromatic heterocycles. The molecule has 0 saturated heterocycles. The van der Waals surface area contributed by atoms with Gasteiger partial charge in [0.05, 0.1) is 18.5 Å². The maximum Gasteiger partial charge on any atom is 0.128 e. The van der Waals surface area contributed by atoms with Crippen molar-refractivity contribution in [2.24, 2.45) is 0 Å². The molecule has 4 heteroatoms. The highest BCUT2D eigenvalue weighted by Crippen LogP contribution is 2.30. The van der Waals surface area contributed by atoms with E-state index in [1.165, 1.54) is 5.56 Å². The molecule has 3 rings (SSSR count). The number of hydrogen-bond donors (Lipinski definition) is 1. The van der Waals surface area contributed by atoms with Crippen LogP contribution < -0.4 is 10.5 Å². The first-order valence-corrected chi connectivity index (χ1v) is 6.75. The average Bonchev–Trinajstić information content (AvgIpc) is 2.90. The fourth-order valence-corrected chi connectivity index (χ4v) is 2.28. The number of benzene rings is 2. The van der Waals surface area contributed by atoms with Crippen molar-refractivity contribution >= 4 is 5.82 Å². The minimum absolute atomic E-state index is 0.597. The van der Waals surface area contributed by atoms with Crippen LogP contribution in [0.25, 0.3) is 16.9 Å². The zero-order valence-corrected chi connectivity index (χ0v) is 12.1. The molecule has 0 unspecified atom stereocenters. The number of methoxy groups -OCH3 is 1. The second-order valence-corrected chi connectivity index (χ2v) is 4.90. The lowest BCUT2D eigenvalue weighted by Crippen LogP contribution is -2.01. The van der Waals surface area contributed by atoms with E-state index >= 15 is 0 Å². The van der Waals surface area contributed by atoms with Gasteiger partial charge in [-0.15, -0.1) is 0 Å². The number of nitrogen functional groups attached to an aromatic ring is 1. The first-order chi connectivity index (χ1) is 10.2. The lowest BCUT2D eigenvalue weighted by atomic mass is 10.1. The van der Waals surface area contributed by atoms with E-state index in [0.717, 1.165) is 22.7 Å². The second kappa shape index (κ2) is 5.32. The van der Waals surface area contributed by atoms with Gasteiger partial charge in [-0.25, -0.2) is 4.68 Å². The van der Waals surface area contributed by atoms with Gasteiger partial charge in [0.2, 0.25) is 0 Å². The van der Waals surface area contributed by atoms with Crippen molar-refractivity contribution < 1.29 is 4.74 Å². The average molecular weight is 279 g/mol. The van der Waals surface area contributed by atoms with Gasteiger partial charge in [-0.3, -0.25) is 0 Å². The Balaban J connectivity index is 2.07. The molecule has 0 spiro atoms. The lowest BCUT2D eigenvalue weighted by molar-refractivity contribution is 0.416. The number of rotatable bonds is 3. The Hall–Kier alpha value is -2.75. The first-order valence-electron chi connectivity index (χ1n) is 6.75. The smallest absolute Gasteiger partial charge is 0.128 e. The second-order valence-electron chi connectivity index (χ2n) is 4.90. The summed E-state index contributed by atoms with van der Waals surface area (Å²) < 4.78 is 7.12. The molecule has 106 valence electrons. The molecule has 0 aliphatic heterocycles. The Morgan fingerprint density at radius 2 is 1.76 bits per heavy atom. The van der Waals surface area contributed by atoms with Crippen LogP contribution in [0.4, 0.5) is 5.82 Å². The van der Waals surface area contributed by atoms with Crippen molar-refractivity contribution in [1.82, 2.24) is 9.78 Å². The third kappa shape index (κ3) is 2.48. The summed E-state index contributed by atoms with van der Waals surface area (Å²) in [6.45, 7) is 2.05. The fraction of sp³-hybridized carbons (Fsp3) is 0.118. The summed E-state index contributed by atoms with van der Waals surface area (Å²) in [6.07, 6.45) is 0. The van der Waals surface area contributed by atoms with Crippen molar-refractivity contribution in [2.45, 2.75) is 6.92 Å². The molecule has 21 heavy (non-hydrogen) atoms. The van der Waals surface area contributed by atoms with Crippen LogP contribution in [0, 0.1) is 6.92 Å². The molecule has 0 aliphatic carbocycles. The van der Waals surface area contributed by atoms with Crippen LogP contribution in [0.5, 0.6) is 5.75 Å². The van der Waals surface area contributed by atoms with Crippen LogP contribution in [0.1, 0.15) is 5.56 Å². The summed E-state index contributed by atoms with van der Waals surface area (Å²) in [7, 11) is 1.65. The molecule has 0 radical (unpaired) electrons. The molecule has 1 heterocycles. The van der Waals surface area contributed by atoms with Gasteiger partial charge < -0.3 is 10.5 Å². The number of aryl methyl sites for hydroxylation is 1. The van der Waals surface area contributed by atoms with Crippen LogP contribution in [-0.4, -0.2) is 16.9 Å². The van der Waals surface area contributed by atoms with E-state index in [2.05, 4.69) is 12.0 Å². The summed E-state index contributed by atoms with van der Waals surface area (Å²) in [6, 6.07) is 17.7. The van der Waals surface area contributed by atoms with Crippen molar-refractivity contribution in [3.05, 3.63) is 60.2 Å². The van der Waals surface area contributed by atoms with Gasteiger partial charge >= 0.3 is 0 Å². The quantitative estimate of drug-likeness (QED) is 0.799. The summed E-state index contributed by atoms with van der Waals surface area (Å²) >= 11 is 0. The zero-order valence-electron chi connectivity index (χ0n) is 12.1. The van der Waals surface area contributed by atoms with Crippen molar-refractivity contribution in [2.75, 3.05) is 12.8 Å². The summed E-state index contributed by atoms with van der Waals surface area (Å²) in [5.74, 6) is 1.38. The predicted molar refractivity (Wildman–Crippen MR) is 84.7 cm³/mol. The Kier molecular flexibility index (Phi) is 3.36. The third-order valence-electron chi connectivity index (χ3n) is 3.40. The Bertz CT molecular complexity index is 760. The number of hydrogen-bond acceptors (Lipinski definition) is 3. The molecule has 3 aromatic rings. The van der Waals surface area contributed by atoms with Crippen molar-refractivity contribution in [1.29, 1.82) is 0 Å². The van der Waals surface area contributed by atoms with Gasteiger partial charge in [-0.2, -0.15) is 5.10 Å². The molecule has 2 N–H and O–H groups in total. The van der Waals surface area contributed by atoms with Gasteiger partial charge in [0.25, 0.3) is 0 Å². The van der Waals surface area contributed by atoms with Gasteiger partial charge in [0, 0.05) is 11.6 Å². The molecular weight excluding hydrogens is 262 g/mol. The molecule has 0 bridgehead atoms. The van der Waals surface area contributed by atoms with Crippen molar-refractivity contribution in [3.63, 3.8) is 0 Å². The largest absolute Gasteiger partial charge is 0.496 e. The zero-order chi connectivity index (χ0) is 14.8. The highest BCUT2D eigenvalue weighted by molar-refractivity contribution is 5.69. The summed E-state index contributed by atoms with van der Waals surface area (Å²) in [5.41, 5.74) is 9.97. The Morgan fingerprint density at radius 1 is 1.05 bits per heavy atom. The summed E-state index contributed by atoms with van der Waals surface area (Å²) in [4.78, 5) is 0. The summed E-state index contributed by atoms with van der Waals surface area (Å²) in [5, 5.41) is 4.60. The minimum Gasteiger partial charge on any atom is -0.496 e. The van der Waals surface area contributed by atoms with Crippen LogP contribution >= 0.6 is 0 Å². The van der Waals surface area contributed by atoms with E-state index in [1.54, 1.807) is 11.8 Å². The maximum absolute atomic E-state index is 6.10. The highest BCUT2D eigenvalue weighted by Gasteiger charge is 2.12. The first kappa shape index (κ1) is 13.2. The molecule has 0 saturated carbocycles. The van der Waals surface area contributed by atoms with Gasteiger partial charge in [-0.05, 0) is 31.2 Å². The van der Waals surface area contributed by atoms with Gasteiger partial charge in [0.1, 0.15) is 11.6 Å². The Morgan fingerprint density at radius 3 is 2.48 bits per heavy atom. The van der Waals surface area contributed by atoms with E-state index in [0.29, 0.717) is 5.82 Å². The van der Waals surface area contributed by atoms with Gasteiger partial charge in [0.15, 0.2) is 0 Å². The van der Waals surface area contributed by atoms with E-state index < -0.39 is 0 Å². The molecule has 4 nitrogen and oxygen atoms in total. The van der Waals surface area contributed by atoms with E-state index in [-0.39, 0.29) is 0 Å². The molecule has 2 aromatic carbocycles. The van der Waals surface area contributed by atoms with Crippen LogP contribution in [0.3, 0.4) is 0 Å². The minimum atomic E-state index is 0.597. The predicted octanol–water partition coefficient (Wildman–Crippen LogP) is 3.44.